The van der Waals surface area contributed by atoms with Crippen LogP contribution in [0.5, 0.6) is 34.5 Å². The van der Waals surface area contributed by atoms with Crippen LogP contribution in [0.3, 0.4) is 0 Å². The van der Waals surface area contributed by atoms with Crippen LogP contribution in [0.2, 0.25) is 0 Å². The van der Waals surface area contributed by atoms with Crippen molar-refractivity contribution in [1.29, 1.82) is 0 Å². The fourth-order valence-electron chi connectivity index (χ4n) is 14.4. The number of amides is 2. The van der Waals surface area contributed by atoms with Crippen molar-refractivity contribution >= 4 is 61.7 Å². The number of ether oxygens (including phenoxy) is 6. The number of para-hydroxylation sites is 4. The molecule has 0 saturated carbocycles. The van der Waals surface area contributed by atoms with Gasteiger partial charge in [-0.15, -0.1) is 6.58 Å². The maximum atomic E-state index is 14.6. The van der Waals surface area contributed by atoms with Gasteiger partial charge in [-0.25, -0.2) is 0 Å². The smallest absolute Gasteiger partial charge is 0.223 e. The van der Waals surface area contributed by atoms with Gasteiger partial charge in [-0.3, -0.25) is 9.59 Å². The molecule has 4 atom stereocenters. The van der Waals surface area contributed by atoms with E-state index in [4.69, 9.17) is 28.4 Å². The number of methoxy groups -OCH3 is 6. The number of carbonyl (C=O) groups excluding carboxylic acids is 3. The summed E-state index contributed by atoms with van der Waals surface area (Å²) in [6.45, 7) is 9.32. The predicted octanol–water partition coefficient (Wildman–Crippen LogP) is 17.8. The molecular formula is C83H88N6O9. The number of aryl methyl sites for hydroxylation is 2. The third-order valence-corrected chi connectivity index (χ3v) is 19.3. The van der Waals surface area contributed by atoms with E-state index in [0.717, 1.165) is 119 Å². The van der Waals surface area contributed by atoms with Crippen molar-refractivity contribution in [3.8, 4) is 57.0 Å². The van der Waals surface area contributed by atoms with E-state index in [1.54, 1.807) is 47.6 Å². The van der Waals surface area contributed by atoms with Crippen molar-refractivity contribution in [3.63, 3.8) is 0 Å². The Kier molecular flexibility index (Phi) is 21.9. The summed E-state index contributed by atoms with van der Waals surface area (Å²) in [4.78, 5) is 58.3. The molecule has 0 aliphatic carbocycles. The summed E-state index contributed by atoms with van der Waals surface area (Å²) in [6, 6.07) is 61.6. The summed E-state index contributed by atoms with van der Waals surface area (Å²) in [5.41, 5.74) is 16.8. The Morgan fingerprint density at radius 2 is 0.765 bits per heavy atom. The second-order valence-electron chi connectivity index (χ2n) is 25.0. The summed E-state index contributed by atoms with van der Waals surface area (Å²) in [7, 11) is 13.4. The van der Waals surface area contributed by atoms with Crippen molar-refractivity contribution in [2.45, 2.75) is 76.0 Å². The molecule has 0 aliphatic heterocycles. The molecule has 0 bridgehead atoms. The van der Waals surface area contributed by atoms with Crippen LogP contribution >= 0.6 is 0 Å². The Bertz CT molecular complexity index is 4700. The molecule has 15 heteroatoms. The number of aromatic amines is 4. The highest BCUT2D eigenvalue weighted by Crippen LogP contribution is 2.48. The van der Waals surface area contributed by atoms with Gasteiger partial charge in [0.1, 0.15) is 6.29 Å². The molecule has 98 heavy (non-hydrogen) atoms. The van der Waals surface area contributed by atoms with E-state index in [2.05, 4.69) is 118 Å². The Balaban J connectivity index is 0.000000203. The van der Waals surface area contributed by atoms with Crippen LogP contribution in [0.4, 0.5) is 0 Å². The van der Waals surface area contributed by atoms with Gasteiger partial charge in [0, 0.05) is 119 Å². The number of H-pyrrole nitrogens is 4. The van der Waals surface area contributed by atoms with Gasteiger partial charge in [0.15, 0.2) is 23.0 Å². The molecule has 0 spiro atoms. The topological polar surface area (TPSA) is 176 Å². The number of nitrogens with one attached hydrogen (secondary N) is 4. The van der Waals surface area contributed by atoms with Gasteiger partial charge in [-0.05, 0) is 138 Å². The van der Waals surface area contributed by atoms with E-state index >= 15 is 0 Å². The number of aromatic nitrogens is 4. The first-order valence-corrected chi connectivity index (χ1v) is 33.3. The van der Waals surface area contributed by atoms with Crippen molar-refractivity contribution < 1.29 is 42.8 Å². The van der Waals surface area contributed by atoms with E-state index in [1.165, 1.54) is 10.9 Å². The van der Waals surface area contributed by atoms with Gasteiger partial charge in [-0.1, -0.05) is 140 Å². The highest BCUT2D eigenvalue weighted by Gasteiger charge is 2.32. The van der Waals surface area contributed by atoms with Crippen molar-refractivity contribution in [3.05, 3.63) is 239 Å². The molecule has 15 nitrogen and oxygen atoms in total. The lowest BCUT2D eigenvalue weighted by atomic mass is 9.84. The number of carbonyl (C=O) groups is 3. The van der Waals surface area contributed by atoms with Gasteiger partial charge < -0.3 is 63.0 Å². The fourth-order valence-corrected chi connectivity index (χ4v) is 14.4. The van der Waals surface area contributed by atoms with E-state index in [9.17, 15) is 14.4 Å². The molecule has 0 fully saturated rings. The molecule has 0 radical (unpaired) electrons. The predicted molar refractivity (Wildman–Crippen MR) is 394 cm³/mol. The van der Waals surface area contributed by atoms with Crippen molar-refractivity contribution in [2.75, 3.05) is 69.8 Å². The third-order valence-electron chi connectivity index (χ3n) is 19.3. The standard InChI is InChI=1S/C47H47N3O4.C36H41N3O5/c1-6-17-31(43-35-22-13-15-24-38(35)48-45(43)32-18-9-7-10-19-32)26-27-50(2)42(51)30-37(34-28-40(52-3)47(54-5)41(29-34)53-4)44-36-23-14-16-25-39(36)49-46(44)33-20-11-8-12-21-33;1-22-34(26-11-7-9-13-29(26)37-22)24(16-18-40)15-17-39(3)33(41)21-28(35-23(2)38-30-14-10-8-12-27(30)35)25-19-31(42-4)36(44-6)32(20-25)43-5/h6-16,18-25,28-29,31,37,48-49H,1,17,26-27,30H2,2-5H3;7-14,18-20,24,28,37-38H,15-17,21H2,1-6H3. The number of nitrogens with zero attached hydrogens (tertiary/aromatic N) is 2. The monoisotopic (exact) mass is 1310 g/mol. The Morgan fingerprint density at radius 3 is 1.16 bits per heavy atom. The molecule has 504 valence electrons. The van der Waals surface area contributed by atoms with Crippen LogP contribution in [0.15, 0.2) is 195 Å². The van der Waals surface area contributed by atoms with E-state index in [0.29, 0.717) is 60.4 Å². The highest BCUT2D eigenvalue weighted by molar-refractivity contribution is 5.94. The molecule has 8 aromatic carbocycles. The Hall–Kier alpha value is -10.9. The first-order valence-electron chi connectivity index (χ1n) is 33.3. The molecule has 12 aromatic rings. The van der Waals surface area contributed by atoms with Gasteiger partial charge in [0.2, 0.25) is 23.3 Å². The van der Waals surface area contributed by atoms with Crippen molar-refractivity contribution in [2.24, 2.45) is 0 Å². The summed E-state index contributed by atoms with van der Waals surface area (Å²) in [6.07, 6.45) is 6.06. The second-order valence-corrected chi connectivity index (χ2v) is 25.0. The number of allylic oxidation sites excluding steroid dienone is 1. The van der Waals surface area contributed by atoms with E-state index < -0.39 is 0 Å². The zero-order valence-electron chi connectivity index (χ0n) is 57.7. The number of aldehydes is 1. The number of benzene rings is 8. The normalized spacial score (nSPS) is 12.5. The quantitative estimate of drug-likeness (QED) is 0.0275. The summed E-state index contributed by atoms with van der Waals surface area (Å²) < 4.78 is 34.3. The average molecular weight is 1310 g/mol. The van der Waals surface area contributed by atoms with Crippen LogP contribution in [-0.2, 0) is 14.4 Å². The van der Waals surface area contributed by atoms with Crippen molar-refractivity contribution in [1.82, 2.24) is 29.7 Å². The molecule has 12 rings (SSSR count). The van der Waals surface area contributed by atoms with E-state index in [1.807, 2.05) is 130 Å². The number of hydrogen-bond donors (Lipinski definition) is 4. The molecular weight excluding hydrogens is 1220 g/mol. The van der Waals surface area contributed by atoms with Crippen LogP contribution in [-0.4, -0.2) is 118 Å². The van der Waals surface area contributed by atoms with E-state index in [-0.39, 0.29) is 48.3 Å². The van der Waals surface area contributed by atoms with Crippen LogP contribution in [0.1, 0.15) is 107 Å². The molecule has 4 unspecified atom stereocenters. The van der Waals surface area contributed by atoms with Crippen LogP contribution in [0, 0.1) is 13.8 Å². The number of rotatable bonds is 28. The largest absolute Gasteiger partial charge is 0.493 e. The molecule has 4 heterocycles. The lowest BCUT2D eigenvalue weighted by molar-refractivity contribution is -0.131. The zero-order chi connectivity index (χ0) is 69.0. The minimum Gasteiger partial charge on any atom is -0.493 e. The lowest BCUT2D eigenvalue weighted by Gasteiger charge is -2.26. The Morgan fingerprint density at radius 1 is 0.429 bits per heavy atom. The third kappa shape index (κ3) is 14.3. The number of hydrogen-bond acceptors (Lipinski definition) is 9. The maximum absolute atomic E-state index is 14.6. The Labute approximate surface area is 573 Å². The van der Waals surface area contributed by atoms with Crippen LogP contribution in [0.25, 0.3) is 66.1 Å². The van der Waals surface area contributed by atoms with Crippen LogP contribution < -0.4 is 28.4 Å². The summed E-state index contributed by atoms with van der Waals surface area (Å²) in [5.74, 6) is 2.74. The molecule has 4 N–H and O–H groups in total. The molecule has 2 amide bonds. The molecule has 4 aromatic heterocycles. The SMILES string of the molecule is C=CCC(CCN(C)C(=O)CC(c1cc(OC)c(OC)c(OC)c1)c1c(-c2ccccc2)[nH]c2ccccc12)c1c(-c2ccccc2)[nH]c2ccccc12.COc1cc(C(CC(=O)N(C)CCC(CC=O)c2c(C)[nH]c3ccccc23)c2c(C)[nH]c3ccccc23)cc(OC)c1OC. The summed E-state index contributed by atoms with van der Waals surface area (Å²) in [5, 5.41) is 4.46. The van der Waals surface area contributed by atoms with Gasteiger partial charge in [0.05, 0.1) is 48.4 Å². The first kappa shape index (κ1) is 68.5. The number of fused-ring (bicyclic) bond motifs is 4. The lowest BCUT2D eigenvalue weighted by Crippen LogP contribution is -2.30. The fraction of sp³-hybridized carbons (Fsp3) is 0.265. The molecule has 0 aliphatic rings. The average Bonchev–Trinajstić information content (AvgIpc) is 1.58. The van der Waals surface area contributed by atoms with Gasteiger partial charge >= 0.3 is 0 Å². The molecule has 0 saturated heterocycles. The van der Waals surface area contributed by atoms with Gasteiger partial charge in [-0.2, -0.15) is 0 Å². The minimum absolute atomic E-state index is 0.000620. The minimum atomic E-state index is -0.345. The zero-order valence-corrected chi connectivity index (χ0v) is 57.7. The van der Waals surface area contributed by atoms with Gasteiger partial charge in [0.25, 0.3) is 0 Å². The maximum Gasteiger partial charge on any atom is 0.223 e. The summed E-state index contributed by atoms with van der Waals surface area (Å²) >= 11 is 0. The first-order chi connectivity index (χ1) is 47.8. The highest BCUT2D eigenvalue weighted by atomic mass is 16.5. The second kappa shape index (κ2) is 31.3.